The van der Waals surface area contributed by atoms with Gasteiger partial charge in [-0.1, -0.05) is 20.4 Å². The minimum atomic E-state index is -0.117. The van der Waals surface area contributed by atoms with Crippen LogP contribution >= 0.6 is 0 Å². The summed E-state index contributed by atoms with van der Waals surface area (Å²) in [6.45, 7) is 9.75. The van der Waals surface area contributed by atoms with E-state index in [2.05, 4.69) is 25.3 Å². The van der Waals surface area contributed by atoms with Crippen molar-refractivity contribution in [1.29, 1.82) is 0 Å². The van der Waals surface area contributed by atoms with Crippen LogP contribution in [-0.4, -0.2) is 24.3 Å². The molecule has 0 bridgehead atoms. The molecule has 1 heterocycles. The Hall–Kier alpha value is -0.790. The summed E-state index contributed by atoms with van der Waals surface area (Å²) in [6, 6.07) is 0. The monoisotopic (exact) mass is 167 g/mol. The standard InChI is InChI=1S/C10H17NO/c1-4-11-6-5-10(7-11,8-12)9(2)3/h4,8-9H,1,5-7H2,2-3H3. The van der Waals surface area contributed by atoms with Crippen LogP contribution in [0.15, 0.2) is 12.8 Å². The number of hydrogen-bond donors (Lipinski definition) is 0. The number of carbonyl (C=O) groups excluding carboxylic acids is 1. The van der Waals surface area contributed by atoms with E-state index >= 15 is 0 Å². The van der Waals surface area contributed by atoms with Crippen molar-refractivity contribution in [2.45, 2.75) is 20.3 Å². The predicted octanol–water partition coefficient (Wildman–Crippen LogP) is 1.68. The number of likely N-dealkylation sites (tertiary alicyclic amines) is 1. The van der Waals surface area contributed by atoms with Gasteiger partial charge >= 0.3 is 0 Å². The van der Waals surface area contributed by atoms with Gasteiger partial charge in [-0.05, 0) is 18.5 Å². The van der Waals surface area contributed by atoms with Gasteiger partial charge in [-0.15, -0.1) is 0 Å². The highest BCUT2D eigenvalue weighted by Gasteiger charge is 2.39. The lowest BCUT2D eigenvalue weighted by atomic mass is 9.78. The highest BCUT2D eigenvalue weighted by atomic mass is 16.1. The Bertz CT molecular complexity index is 188. The van der Waals surface area contributed by atoms with Crippen LogP contribution in [0.3, 0.4) is 0 Å². The summed E-state index contributed by atoms with van der Waals surface area (Å²) < 4.78 is 0. The van der Waals surface area contributed by atoms with Crippen LogP contribution in [0.1, 0.15) is 20.3 Å². The molecule has 1 rings (SSSR count). The van der Waals surface area contributed by atoms with E-state index in [1.807, 2.05) is 6.20 Å². The van der Waals surface area contributed by atoms with E-state index in [4.69, 9.17) is 0 Å². The second-order valence-corrected chi connectivity index (χ2v) is 3.91. The van der Waals surface area contributed by atoms with E-state index in [1.165, 1.54) is 0 Å². The maximum atomic E-state index is 11.0. The Morgan fingerprint density at radius 1 is 1.58 bits per heavy atom. The van der Waals surface area contributed by atoms with Crippen molar-refractivity contribution in [2.24, 2.45) is 11.3 Å². The molecule has 0 spiro atoms. The lowest BCUT2D eigenvalue weighted by Crippen LogP contribution is -2.31. The van der Waals surface area contributed by atoms with Crippen LogP contribution < -0.4 is 0 Å². The van der Waals surface area contributed by atoms with Crippen LogP contribution in [0.25, 0.3) is 0 Å². The Labute approximate surface area is 74.2 Å². The molecule has 0 aromatic carbocycles. The van der Waals surface area contributed by atoms with Crippen molar-refractivity contribution in [2.75, 3.05) is 13.1 Å². The Kier molecular flexibility index (Phi) is 2.55. The average molecular weight is 167 g/mol. The molecule has 2 nitrogen and oxygen atoms in total. The fraction of sp³-hybridized carbons (Fsp3) is 0.700. The number of aldehydes is 1. The normalized spacial score (nSPS) is 29.4. The fourth-order valence-electron chi connectivity index (χ4n) is 1.75. The maximum Gasteiger partial charge on any atom is 0.128 e. The van der Waals surface area contributed by atoms with Crippen LogP contribution in [0.4, 0.5) is 0 Å². The minimum absolute atomic E-state index is 0.117. The van der Waals surface area contributed by atoms with Gasteiger partial charge in [0.05, 0.1) is 0 Å². The highest BCUT2D eigenvalue weighted by Crippen LogP contribution is 2.35. The molecule has 1 aliphatic heterocycles. The third-order valence-electron chi connectivity index (χ3n) is 3.00. The zero-order valence-corrected chi connectivity index (χ0v) is 7.92. The van der Waals surface area contributed by atoms with Crippen molar-refractivity contribution in [3.63, 3.8) is 0 Å². The van der Waals surface area contributed by atoms with E-state index in [0.717, 1.165) is 25.8 Å². The van der Waals surface area contributed by atoms with Crippen molar-refractivity contribution >= 4 is 6.29 Å². The molecule has 0 amide bonds. The van der Waals surface area contributed by atoms with Crippen LogP contribution in [0.2, 0.25) is 0 Å². The number of rotatable bonds is 3. The largest absolute Gasteiger partial charge is 0.377 e. The first-order chi connectivity index (χ1) is 5.64. The average Bonchev–Trinajstić information content (AvgIpc) is 2.48. The molecule has 0 N–H and O–H groups in total. The summed E-state index contributed by atoms with van der Waals surface area (Å²) in [4.78, 5) is 13.1. The maximum absolute atomic E-state index is 11.0. The molecular formula is C10H17NO. The third kappa shape index (κ3) is 1.38. The van der Waals surface area contributed by atoms with Gasteiger partial charge in [0.15, 0.2) is 0 Å². The molecule has 0 aliphatic carbocycles. The lowest BCUT2D eigenvalue weighted by Gasteiger charge is -2.26. The second kappa shape index (κ2) is 3.30. The van der Waals surface area contributed by atoms with Gasteiger partial charge in [-0.3, -0.25) is 0 Å². The van der Waals surface area contributed by atoms with Crippen molar-refractivity contribution in [3.05, 3.63) is 12.8 Å². The summed E-state index contributed by atoms with van der Waals surface area (Å²) in [6.07, 6.45) is 3.93. The fourth-order valence-corrected chi connectivity index (χ4v) is 1.75. The van der Waals surface area contributed by atoms with Gasteiger partial charge < -0.3 is 9.69 Å². The molecule has 0 aromatic heterocycles. The molecule has 12 heavy (non-hydrogen) atoms. The first-order valence-corrected chi connectivity index (χ1v) is 4.47. The SMILES string of the molecule is C=CN1CCC(C=O)(C(C)C)C1. The van der Waals surface area contributed by atoms with E-state index in [-0.39, 0.29) is 5.41 Å². The van der Waals surface area contributed by atoms with Gasteiger partial charge in [-0.2, -0.15) is 0 Å². The molecule has 1 atom stereocenters. The summed E-state index contributed by atoms with van der Waals surface area (Å²) in [5.41, 5.74) is -0.117. The van der Waals surface area contributed by atoms with Crippen molar-refractivity contribution in [3.8, 4) is 0 Å². The smallest absolute Gasteiger partial charge is 0.128 e. The van der Waals surface area contributed by atoms with E-state index in [0.29, 0.717) is 5.92 Å². The molecule has 1 fully saturated rings. The Balaban J connectivity index is 2.72. The summed E-state index contributed by atoms with van der Waals surface area (Å²) in [7, 11) is 0. The van der Waals surface area contributed by atoms with E-state index in [1.54, 1.807) is 0 Å². The predicted molar refractivity (Wildman–Crippen MR) is 49.7 cm³/mol. The molecule has 68 valence electrons. The number of nitrogens with zero attached hydrogens (tertiary/aromatic N) is 1. The zero-order chi connectivity index (χ0) is 9.19. The summed E-state index contributed by atoms with van der Waals surface area (Å²) >= 11 is 0. The van der Waals surface area contributed by atoms with Crippen molar-refractivity contribution in [1.82, 2.24) is 4.90 Å². The van der Waals surface area contributed by atoms with E-state index in [9.17, 15) is 4.79 Å². The van der Waals surface area contributed by atoms with Crippen molar-refractivity contribution < 1.29 is 4.79 Å². The Morgan fingerprint density at radius 3 is 2.50 bits per heavy atom. The van der Waals surface area contributed by atoms with Crippen LogP contribution in [0, 0.1) is 11.3 Å². The quantitative estimate of drug-likeness (QED) is 0.596. The number of carbonyl (C=O) groups is 1. The minimum Gasteiger partial charge on any atom is -0.377 e. The molecule has 1 saturated heterocycles. The van der Waals surface area contributed by atoms with Gasteiger partial charge in [0, 0.05) is 18.5 Å². The van der Waals surface area contributed by atoms with Gasteiger partial charge in [0.25, 0.3) is 0 Å². The lowest BCUT2D eigenvalue weighted by molar-refractivity contribution is -0.117. The van der Waals surface area contributed by atoms with Gasteiger partial charge in [0.2, 0.25) is 0 Å². The van der Waals surface area contributed by atoms with Crippen LogP contribution in [-0.2, 0) is 4.79 Å². The van der Waals surface area contributed by atoms with E-state index < -0.39 is 0 Å². The second-order valence-electron chi connectivity index (χ2n) is 3.91. The van der Waals surface area contributed by atoms with Gasteiger partial charge in [0.1, 0.15) is 6.29 Å². The summed E-state index contributed by atoms with van der Waals surface area (Å²) in [5, 5.41) is 0. The molecule has 1 aliphatic rings. The highest BCUT2D eigenvalue weighted by molar-refractivity contribution is 5.61. The topological polar surface area (TPSA) is 20.3 Å². The van der Waals surface area contributed by atoms with Crippen LogP contribution in [0.5, 0.6) is 0 Å². The molecule has 0 aromatic rings. The first-order valence-electron chi connectivity index (χ1n) is 4.47. The molecule has 0 radical (unpaired) electrons. The molecular weight excluding hydrogens is 150 g/mol. The Morgan fingerprint density at radius 2 is 2.25 bits per heavy atom. The third-order valence-corrected chi connectivity index (χ3v) is 3.00. The number of hydrogen-bond acceptors (Lipinski definition) is 2. The molecule has 2 heteroatoms. The first kappa shape index (κ1) is 9.30. The van der Waals surface area contributed by atoms with Gasteiger partial charge in [-0.25, -0.2) is 0 Å². The molecule has 0 saturated carbocycles. The zero-order valence-electron chi connectivity index (χ0n) is 7.92. The summed E-state index contributed by atoms with van der Waals surface area (Å²) in [5.74, 6) is 0.431. The molecule has 1 unspecified atom stereocenters.